The van der Waals surface area contributed by atoms with Crippen molar-refractivity contribution in [3.8, 4) is 0 Å². The maximum Gasteiger partial charge on any atom is 0.259 e. The van der Waals surface area contributed by atoms with Crippen LogP contribution < -0.4 is 16.2 Å². The van der Waals surface area contributed by atoms with Crippen LogP contribution >= 0.6 is 11.3 Å². The Balaban J connectivity index is 1.71. The molecule has 1 amide bonds. The van der Waals surface area contributed by atoms with Crippen LogP contribution in [-0.4, -0.2) is 35.5 Å². The highest BCUT2D eigenvalue weighted by atomic mass is 32.1. The van der Waals surface area contributed by atoms with Crippen molar-refractivity contribution in [2.45, 2.75) is 52.0 Å². The summed E-state index contributed by atoms with van der Waals surface area (Å²) >= 11 is 1.64. The number of H-pyrrole nitrogens is 1. The minimum absolute atomic E-state index is 0.0239. The predicted octanol–water partition coefficient (Wildman–Crippen LogP) is 1.77. The largest absolute Gasteiger partial charge is 0.355 e. The van der Waals surface area contributed by atoms with Crippen molar-refractivity contribution in [1.29, 1.82) is 0 Å². The number of amides is 1. The summed E-state index contributed by atoms with van der Waals surface area (Å²) in [6.07, 6.45) is 3.91. The molecule has 1 aliphatic rings. The lowest BCUT2D eigenvalue weighted by Crippen LogP contribution is -2.37. The van der Waals surface area contributed by atoms with E-state index in [-0.39, 0.29) is 17.5 Å². The molecule has 0 aliphatic heterocycles. The molecule has 0 saturated carbocycles. The summed E-state index contributed by atoms with van der Waals surface area (Å²) in [7, 11) is 1.86. The number of nitrogens with zero attached hydrogens (tertiary/aromatic N) is 1. The molecule has 2 aromatic rings. The van der Waals surface area contributed by atoms with E-state index in [0.29, 0.717) is 31.1 Å². The van der Waals surface area contributed by atoms with Gasteiger partial charge in [0.1, 0.15) is 10.7 Å². The molecule has 3 rings (SSSR count). The monoisotopic (exact) mass is 362 g/mol. The molecule has 0 aromatic carbocycles. The van der Waals surface area contributed by atoms with E-state index in [9.17, 15) is 9.59 Å². The zero-order valence-electron chi connectivity index (χ0n) is 15.1. The number of aryl methyl sites for hydroxylation is 2. The highest BCUT2D eigenvalue weighted by Crippen LogP contribution is 2.35. The van der Waals surface area contributed by atoms with Gasteiger partial charge in [-0.1, -0.05) is 6.92 Å². The molecule has 2 aromatic heterocycles. The number of carbonyl (C=O) groups excluding carboxylic acids is 1. The number of likely N-dealkylation sites (N-methyl/N-ethyl adjacent to an activating group) is 1. The second-order valence-corrected chi connectivity index (χ2v) is 8.12. The van der Waals surface area contributed by atoms with Gasteiger partial charge in [-0.25, -0.2) is 4.98 Å². The Morgan fingerprint density at radius 3 is 3.04 bits per heavy atom. The second-order valence-electron chi connectivity index (χ2n) is 7.04. The molecule has 1 aliphatic carbocycles. The van der Waals surface area contributed by atoms with Crippen molar-refractivity contribution in [1.82, 2.24) is 20.6 Å². The third-order valence-corrected chi connectivity index (χ3v) is 6.05. The van der Waals surface area contributed by atoms with Gasteiger partial charge in [-0.2, -0.15) is 0 Å². The SMILES string of the molecule is CNC(C)CNC(=O)CCc1nc2sc3c(c2c(=O)[nH]1)CCC(C)C3. The van der Waals surface area contributed by atoms with Gasteiger partial charge in [0, 0.05) is 30.3 Å². The number of hydrogen-bond donors (Lipinski definition) is 3. The lowest BCUT2D eigenvalue weighted by atomic mass is 9.89. The lowest BCUT2D eigenvalue weighted by Gasteiger charge is -2.17. The fourth-order valence-electron chi connectivity index (χ4n) is 3.20. The average Bonchev–Trinajstić information content (AvgIpc) is 2.95. The van der Waals surface area contributed by atoms with Crippen LogP contribution in [0.1, 0.15) is 43.0 Å². The molecule has 136 valence electrons. The van der Waals surface area contributed by atoms with Gasteiger partial charge in [-0.3, -0.25) is 9.59 Å². The summed E-state index contributed by atoms with van der Waals surface area (Å²) in [5.41, 5.74) is 1.13. The molecule has 7 heteroatoms. The van der Waals surface area contributed by atoms with Crippen molar-refractivity contribution in [3.63, 3.8) is 0 Å². The number of rotatable bonds is 6. The Kier molecular flexibility index (Phi) is 5.54. The minimum Gasteiger partial charge on any atom is -0.355 e. The van der Waals surface area contributed by atoms with Crippen LogP contribution in [0, 0.1) is 5.92 Å². The molecule has 0 bridgehead atoms. The summed E-state index contributed by atoms with van der Waals surface area (Å²) in [4.78, 5) is 34.1. The summed E-state index contributed by atoms with van der Waals surface area (Å²) in [6.45, 7) is 4.85. The zero-order chi connectivity index (χ0) is 18.0. The van der Waals surface area contributed by atoms with Crippen molar-refractivity contribution in [2.24, 2.45) is 5.92 Å². The van der Waals surface area contributed by atoms with E-state index in [1.165, 1.54) is 10.4 Å². The third kappa shape index (κ3) is 4.10. The maximum absolute atomic E-state index is 12.5. The zero-order valence-corrected chi connectivity index (χ0v) is 15.9. The number of fused-ring (bicyclic) bond motifs is 3. The minimum atomic E-state index is -0.0590. The number of hydrogen-bond acceptors (Lipinski definition) is 5. The third-order valence-electron chi connectivity index (χ3n) is 4.90. The average molecular weight is 362 g/mol. The molecule has 0 fully saturated rings. The van der Waals surface area contributed by atoms with Crippen LogP contribution in [0.4, 0.5) is 0 Å². The van der Waals surface area contributed by atoms with Gasteiger partial charge in [0.25, 0.3) is 5.56 Å². The van der Waals surface area contributed by atoms with E-state index >= 15 is 0 Å². The number of thiophene rings is 1. The van der Waals surface area contributed by atoms with Gasteiger partial charge in [-0.05, 0) is 44.7 Å². The van der Waals surface area contributed by atoms with Crippen LogP contribution in [0.5, 0.6) is 0 Å². The van der Waals surface area contributed by atoms with Crippen molar-refractivity contribution < 1.29 is 4.79 Å². The molecule has 2 unspecified atom stereocenters. The maximum atomic E-state index is 12.5. The Morgan fingerprint density at radius 2 is 2.28 bits per heavy atom. The van der Waals surface area contributed by atoms with Crippen molar-refractivity contribution >= 4 is 27.5 Å². The molecule has 0 saturated heterocycles. The van der Waals surface area contributed by atoms with Crippen LogP contribution in [-0.2, 0) is 24.1 Å². The first-order chi connectivity index (χ1) is 12.0. The Labute approximate surface area is 151 Å². The van der Waals surface area contributed by atoms with Crippen LogP contribution in [0.3, 0.4) is 0 Å². The topological polar surface area (TPSA) is 86.9 Å². The summed E-state index contributed by atoms with van der Waals surface area (Å²) in [5, 5.41) is 6.72. The fourth-order valence-corrected chi connectivity index (χ4v) is 4.60. The standard InChI is InChI=1S/C18H26N4O2S/c1-10-4-5-12-13(8-10)25-18-16(12)17(24)21-14(22-18)6-7-15(23)20-9-11(2)19-3/h10-11,19H,4-9H2,1-3H3,(H,20,23)(H,21,22,24). The summed E-state index contributed by atoms with van der Waals surface area (Å²) < 4.78 is 0. The predicted molar refractivity (Wildman–Crippen MR) is 101 cm³/mol. The van der Waals surface area contributed by atoms with Crippen molar-refractivity contribution in [3.05, 3.63) is 26.6 Å². The number of nitrogens with one attached hydrogen (secondary N) is 3. The Hall–Kier alpha value is -1.73. The smallest absolute Gasteiger partial charge is 0.259 e. The molecule has 3 N–H and O–H groups in total. The quantitative estimate of drug-likeness (QED) is 0.731. The van der Waals surface area contributed by atoms with E-state index in [1.807, 2.05) is 14.0 Å². The highest BCUT2D eigenvalue weighted by Gasteiger charge is 2.23. The van der Waals surface area contributed by atoms with E-state index in [2.05, 4.69) is 27.5 Å². The van der Waals surface area contributed by atoms with Gasteiger partial charge in [0.2, 0.25) is 5.91 Å². The molecular formula is C18H26N4O2S. The molecule has 2 atom stereocenters. The lowest BCUT2D eigenvalue weighted by molar-refractivity contribution is -0.121. The Bertz CT molecular complexity index is 826. The van der Waals surface area contributed by atoms with Crippen LogP contribution in [0.2, 0.25) is 0 Å². The van der Waals surface area contributed by atoms with Crippen molar-refractivity contribution in [2.75, 3.05) is 13.6 Å². The molecule has 25 heavy (non-hydrogen) atoms. The summed E-state index contributed by atoms with van der Waals surface area (Å²) in [5.74, 6) is 1.24. The van der Waals surface area contributed by atoms with Crippen LogP contribution in [0.25, 0.3) is 10.2 Å². The van der Waals surface area contributed by atoms with Gasteiger partial charge in [0.05, 0.1) is 5.39 Å². The number of carbonyl (C=O) groups is 1. The molecule has 0 spiro atoms. The first-order valence-electron chi connectivity index (χ1n) is 8.95. The van der Waals surface area contributed by atoms with Gasteiger partial charge in [0.15, 0.2) is 0 Å². The van der Waals surface area contributed by atoms with E-state index in [0.717, 1.165) is 29.5 Å². The Morgan fingerprint density at radius 1 is 1.48 bits per heavy atom. The van der Waals surface area contributed by atoms with Gasteiger partial charge >= 0.3 is 0 Å². The van der Waals surface area contributed by atoms with E-state index in [1.54, 1.807) is 11.3 Å². The molecule has 0 radical (unpaired) electrons. The molecular weight excluding hydrogens is 336 g/mol. The molecule has 6 nitrogen and oxygen atoms in total. The summed E-state index contributed by atoms with van der Waals surface area (Å²) in [6, 6.07) is 0.234. The first-order valence-corrected chi connectivity index (χ1v) is 9.77. The second kappa shape index (κ2) is 7.66. The van der Waals surface area contributed by atoms with E-state index < -0.39 is 0 Å². The molecule has 2 heterocycles. The first kappa shape index (κ1) is 18.1. The number of aromatic amines is 1. The number of aromatic nitrogens is 2. The van der Waals surface area contributed by atoms with Gasteiger partial charge in [-0.15, -0.1) is 11.3 Å². The van der Waals surface area contributed by atoms with E-state index in [4.69, 9.17) is 0 Å². The van der Waals surface area contributed by atoms with Crippen LogP contribution in [0.15, 0.2) is 4.79 Å². The fraction of sp³-hybridized carbons (Fsp3) is 0.611. The normalized spacial score (nSPS) is 18.1. The highest BCUT2D eigenvalue weighted by molar-refractivity contribution is 7.18. The van der Waals surface area contributed by atoms with Gasteiger partial charge < -0.3 is 15.6 Å².